The zero-order chi connectivity index (χ0) is 61.3. The Bertz CT molecular complexity index is 2980. The molecule has 33 heteroatoms. The molecule has 0 aliphatic carbocycles. The normalized spacial score (nSPS) is 14.3. The molecule has 5 rings (SSSR count). The van der Waals surface area contributed by atoms with Crippen LogP contribution in [0.2, 0.25) is 0 Å². The molecule has 460 valence electrons. The van der Waals surface area contributed by atoms with Gasteiger partial charge in [0.2, 0.25) is 29.5 Å². The van der Waals surface area contributed by atoms with Gasteiger partial charge in [-0.25, -0.2) is 29.9 Å². The summed E-state index contributed by atoms with van der Waals surface area (Å²) in [5, 5.41) is 42.2. The topological polar surface area (TPSA) is 476 Å². The van der Waals surface area contributed by atoms with Crippen molar-refractivity contribution >= 4 is 92.0 Å². The standard InChI is InChI=1S/C51H78N20O9S4/c1-27-40(70-44(71-42(27)55)33(20-38(54)72)62-22-31(53)43(56)74)49(79)67-34(19-30-21-59-26-63-30)48(78)64-29(3)41(73)28(2)45(75)66-32(10-18-84(4)80)46(76)61-17-9-39-65-36(24-81-39)50-69-37(25-83-50)51-68-35(23-82-51)47(77)60-16-8-15-58-13-6-5-12-57-14-7-11-52/h21,23-26,28-29,31-34,41,57-58,62,73H,5-20,22,52-53H2,1-4H3,(H2,54,72)(H2,56,74)(H,59,63)(H,60,77)(H,61,76)(H,64,78)(H,66,75)(H,67,79)(H2,55,70,71)/t28-,29+,31-,32-,33-,34-,41-,84?/m0/s1. The number of primary amides is 2. The number of nitrogens with two attached hydrogens (primary N) is 5. The van der Waals surface area contributed by atoms with Gasteiger partial charge in [-0.3, -0.25) is 37.8 Å². The van der Waals surface area contributed by atoms with Gasteiger partial charge >= 0.3 is 0 Å². The molecule has 0 spiro atoms. The highest BCUT2D eigenvalue weighted by Crippen LogP contribution is 2.31. The quantitative estimate of drug-likeness (QED) is 0.0189. The summed E-state index contributed by atoms with van der Waals surface area (Å²) in [7, 11) is -1.32. The first-order valence-electron chi connectivity index (χ1n) is 27.3. The molecule has 0 aromatic carbocycles. The number of rotatable bonds is 39. The van der Waals surface area contributed by atoms with Crippen LogP contribution >= 0.6 is 34.0 Å². The van der Waals surface area contributed by atoms with Crippen molar-refractivity contribution < 1.29 is 42.9 Å². The molecule has 0 aliphatic heterocycles. The molecule has 20 N–H and O–H groups in total. The van der Waals surface area contributed by atoms with E-state index in [0.717, 1.165) is 51.9 Å². The molecular weight excluding hydrogens is 1160 g/mol. The van der Waals surface area contributed by atoms with E-state index in [0.29, 0.717) is 57.3 Å². The number of hydrogen-bond donors (Lipinski definition) is 15. The average molecular weight is 1240 g/mol. The average Bonchev–Trinajstić information content (AvgIpc) is 3.47. The van der Waals surface area contributed by atoms with E-state index in [9.17, 15) is 42.9 Å². The number of carbonyl (C=O) groups excluding carboxylic acids is 7. The van der Waals surface area contributed by atoms with Crippen LogP contribution in [-0.2, 0) is 47.6 Å². The van der Waals surface area contributed by atoms with Crippen molar-refractivity contribution in [3.8, 4) is 21.4 Å². The summed E-state index contributed by atoms with van der Waals surface area (Å²) in [6, 6.07) is -5.78. The lowest BCUT2D eigenvalue weighted by atomic mass is 9.96. The molecule has 0 aliphatic rings. The molecule has 5 aromatic rings. The number of unbranched alkanes of at least 4 members (excludes halogenated alkanes) is 1. The highest BCUT2D eigenvalue weighted by Gasteiger charge is 2.34. The second kappa shape index (κ2) is 34.8. The molecule has 0 fully saturated rings. The number of H-pyrrole nitrogens is 1. The summed E-state index contributed by atoms with van der Waals surface area (Å²) in [5.74, 6) is -6.17. The van der Waals surface area contributed by atoms with Gasteiger partial charge in [0.05, 0.1) is 41.5 Å². The molecule has 84 heavy (non-hydrogen) atoms. The number of aromatic nitrogens is 7. The Balaban J connectivity index is 1.12. The zero-order valence-electron chi connectivity index (χ0n) is 47.4. The summed E-state index contributed by atoms with van der Waals surface area (Å²) in [6.07, 6.45) is 6.55. The fraction of sp³-hybridized carbons (Fsp3) is 0.549. The van der Waals surface area contributed by atoms with Crippen LogP contribution in [-0.4, -0.2) is 180 Å². The number of nitrogens with zero attached hydrogens (tertiary/aromatic N) is 6. The lowest BCUT2D eigenvalue weighted by molar-refractivity contribution is -0.134. The maximum absolute atomic E-state index is 14.0. The van der Waals surface area contributed by atoms with Crippen molar-refractivity contribution in [2.24, 2.45) is 28.9 Å². The van der Waals surface area contributed by atoms with Crippen LogP contribution in [0.25, 0.3) is 21.4 Å². The van der Waals surface area contributed by atoms with Crippen molar-refractivity contribution in [1.29, 1.82) is 0 Å². The first-order chi connectivity index (χ1) is 40.1. The van der Waals surface area contributed by atoms with Crippen molar-refractivity contribution in [1.82, 2.24) is 77.4 Å². The number of nitrogens with one attached hydrogen (secondary N) is 9. The summed E-state index contributed by atoms with van der Waals surface area (Å²) in [4.78, 5) is 121. The molecule has 7 amide bonds. The van der Waals surface area contributed by atoms with Gasteiger partial charge in [0.1, 0.15) is 56.5 Å². The van der Waals surface area contributed by atoms with Crippen molar-refractivity contribution in [3.05, 3.63) is 62.1 Å². The Morgan fingerprint density at radius 3 is 2.12 bits per heavy atom. The van der Waals surface area contributed by atoms with E-state index >= 15 is 0 Å². The fourth-order valence-electron chi connectivity index (χ4n) is 8.07. The van der Waals surface area contributed by atoms with Gasteiger partial charge in [-0.1, -0.05) is 6.92 Å². The number of amides is 7. The predicted molar refractivity (Wildman–Crippen MR) is 321 cm³/mol. The van der Waals surface area contributed by atoms with Crippen LogP contribution in [0.1, 0.15) is 101 Å². The summed E-state index contributed by atoms with van der Waals surface area (Å²) in [6.45, 7) is 9.14. The number of nitrogen functional groups attached to an aromatic ring is 1. The van der Waals surface area contributed by atoms with E-state index in [-0.39, 0.29) is 66.9 Å². The number of thiazole rings is 3. The fourth-order valence-corrected chi connectivity index (χ4v) is 11.1. The predicted octanol–water partition coefficient (Wildman–Crippen LogP) is -2.00. The maximum Gasteiger partial charge on any atom is 0.271 e. The molecule has 0 saturated heterocycles. The Morgan fingerprint density at radius 1 is 0.762 bits per heavy atom. The molecule has 1 unspecified atom stereocenters. The third-order valence-electron chi connectivity index (χ3n) is 13.0. The largest absolute Gasteiger partial charge is 0.390 e. The minimum absolute atomic E-state index is 0.0158. The highest BCUT2D eigenvalue weighted by atomic mass is 32.2. The van der Waals surface area contributed by atoms with Crippen molar-refractivity contribution in [3.63, 3.8) is 0 Å². The van der Waals surface area contributed by atoms with E-state index in [1.807, 2.05) is 10.8 Å². The van der Waals surface area contributed by atoms with Gasteiger partial charge in [-0.05, 0) is 78.7 Å². The van der Waals surface area contributed by atoms with Crippen LogP contribution in [0.3, 0.4) is 0 Å². The highest BCUT2D eigenvalue weighted by molar-refractivity contribution is 7.84. The van der Waals surface area contributed by atoms with Crippen LogP contribution < -0.4 is 71.2 Å². The number of aliphatic hydroxyl groups is 1. The first kappa shape index (κ1) is 68.0. The number of aliphatic hydroxyl groups excluding tert-OH is 1. The number of aromatic amines is 1. The molecule has 8 atom stereocenters. The smallest absolute Gasteiger partial charge is 0.271 e. The SMILES string of the molecule is Cc1c(N)nc([C@H](CC(N)=O)NC[C@H](N)C(N)=O)nc1C(=O)N[C@@H](Cc1cnc[nH]1)C(=O)N[C@H](C)[C@@H](O)[C@H](C)C(=O)N[C@@H](CCS(C)=O)C(=O)NCCc1nc(-c2nc(-c3nc(C(=O)NCCCNCCCCNCCCN)cs3)cs2)cs1. The number of anilines is 1. The van der Waals surface area contributed by atoms with E-state index in [4.69, 9.17) is 38.6 Å². The molecule has 5 heterocycles. The zero-order valence-corrected chi connectivity index (χ0v) is 50.6. The number of hydrogen-bond acceptors (Lipinski definition) is 24. The second-order valence-corrected chi connectivity index (χ2v) is 24.0. The van der Waals surface area contributed by atoms with Gasteiger partial charge in [0.25, 0.3) is 11.8 Å². The van der Waals surface area contributed by atoms with Crippen LogP contribution in [0.4, 0.5) is 5.82 Å². The van der Waals surface area contributed by atoms with Crippen LogP contribution in [0.15, 0.2) is 28.7 Å². The van der Waals surface area contributed by atoms with E-state index in [2.05, 4.69) is 67.5 Å². The van der Waals surface area contributed by atoms with Gasteiger partial charge < -0.3 is 81.3 Å². The molecule has 29 nitrogen and oxygen atoms in total. The van der Waals surface area contributed by atoms with Gasteiger partial charge in [-0.2, -0.15) is 0 Å². The Labute approximate surface area is 500 Å². The van der Waals surface area contributed by atoms with E-state index < -0.39 is 88.5 Å². The Morgan fingerprint density at radius 2 is 1.44 bits per heavy atom. The molecular formula is C51H78N20O9S4. The summed E-state index contributed by atoms with van der Waals surface area (Å²) in [5.41, 5.74) is 30.1. The van der Waals surface area contributed by atoms with Gasteiger partial charge in [0, 0.05) is 95.3 Å². The second-order valence-electron chi connectivity index (χ2n) is 19.8. The number of carbonyl (C=O) groups is 7. The summed E-state index contributed by atoms with van der Waals surface area (Å²) >= 11 is 4.09. The van der Waals surface area contributed by atoms with Crippen molar-refractivity contribution in [2.45, 2.75) is 108 Å². The lowest BCUT2D eigenvalue weighted by Crippen LogP contribution is -2.56. The van der Waals surface area contributed by atoms with E-state index in [1.54, 1.807) is 5.38 Å². The lowest BCUT2D eigenvalue weighted by Gasteiger charge is -2.28. The van der Waals surface area contributed by atoms with Gasteiger partial charge in [0.15, 0.2) is 0 Å². The Kier molecular flexibility index (Phi) is 28.2. The number of imidazole rings is 1. The third kappa shape index (κ3) is 22.0. The summed E-state index contributed by atoms with van der Waals surface area (Å²) < 4.78 is 12.2. The van der Waals surface area contributed by atoms with Crippen LogP contribution in [0, 0.1) is 12.8 Å². The minimum atomic E-state index is -1.52. The third-order valence-corrected chi connectivity index (χ3v) is 16.5. The monoisotopic (exact) mass is 1240 g/mol. The van der Waals surface area contributed by atoms with Gasteiger partial charge in [-0.15, -0.1) is 34.0 Å². The molecule has 0 saturated carbocycles. The molecule has 5 aromatic heterocycles. The minimum Gasteiger partial charge on any atom is -0.390 e. The van der Waals surface area contributed by atoms with Crippen molar-refractivity contribution in [2.75, 3.05) is 70.1 Å². The maximum atomic E-state index is 14.0. The first-order valence-corrected chi connectivity index (χ1v) is 31.6. The molecule has 0 radical (unpaired) electrons. The van der Waals surface area contributed by atoms with Crippen LogP contribution in [0.5, 0.6) is 0 Å². The van der Waals surface area contributed by atoms with E-state index in [1.165, 1.54) is 73.6 Å². The molecule has 0 bridgehead atoms. The Hall–Kier alpha value is -6.82.